The summed E-state index contributed by atoms with van der Waals surface area (Å²) in [6.45, 7) is 4.26. The van der Waals surface area contributed by atoms with Gasteiger partial charge in [-0.3, -0.25) is 5.32 Å². The number of rotatable bonds is 3. The lowest BCUT2D eigenvalue weighted by Crippen LogP contribution is -2.00. The third-order valence-electron chi connectivity index (χ3n) is 1.52. The number of nitrogens with zero attached hydrogens (tertiary/aromatic N) is 3. The minimum Gasteiger partial charge on any atom is -0.275 e. The number of hydrogen-bond donors (Lipinski definition) is 1. The van der Waals surface area contributed by atoms with Gasteiger partial charge < -0.3 is 0 Å². The fraction of sp³-hybridized carbons (Fsp3) is 0.444. The number of anilines is 1. The Hall–Kier alpha value is -1.63. The predicted molar refractivity (Wildman–Crippen MR) is 49.8 cm³/mol. The van der Waals surface area contributed by atoms with Crippen molar-refractivity contribution in [2.45, 2.75) is 20.3 Å². The van der Waals surface area contributed by atoms with Gasteiger partial charge in [0.15, 0.2) is 12.0 Å². The Morgan fingerprint density at radius 1 is 1.46 bits per heavy atom. The maximum atomic E-state index is 8.31. The maximum Gasteiger partial charge on any atom is 0.182 e. The maximum absolute atomic E-state index is 8.31. The Bertz CT molecular complexity index is 296. The highest BCUT2D eigenvalue weighted by atomic mass is 15.2. The van der Waals surface area contributed by atoms with E-state index >= 15 is 0 Å². The van der Waals surface area contributed by atoms with Gasteiger partial charge in [0.1, 0.15) is 0 Å². The molecule has 0 aliphatic rings. The van der Waals surface area contributed by atoms with Crippen molar-refractivity contribution in [3.8, 4) is 6.19 Å². The summed E-state index contributed by atoms with van der Waals surface area (Å²) in [6, 6.07) is 3.64. The van der Waals surface area contributed by atoms with Gasteiger partial charge in [-0.2, -0.15) is 10.4 Å². The average molecular weight is 176 g/mol. The molecular weight excluding hydrogens is 164 g/mol. The van der Waals surface area contributed by atoms with Crippen molar-refractivity contribution < 1.29 is 0 Å². The lowest BCUT2D eigenvalue weighted by Gasteiger charge is -2.02. The van der Waals surface area contributed by atoms with Crippen LogP contribution in [0.2, 0.25) is 0 Å². The lowest BCUT2D eigenvalue weighted by molar-refractivity contribution is 0.628. The Morgan fingerprint density at radius 3 is 2.69 bits per heavy atom. The highest BCUT2D eigenvalue weighted by Crippen LogP contribution is 2.06. The molecule has 4 nitrogen and oxygen atoms in total. The monoisotopic (exact) mass is 176 g/mol. The fourth-order valence-electron chi connectivity index (χ4n) is 1.01. The van der Waals surface area contributed by atoms with Crippen LogP contribution in [0.15, 0.2) is 12.1 Å². The summed E-state index contributed by atoms with van der Waals surface area (Å²) in [6.07, 6.45) is 2.71. The van der Waals surface area contributed by atoms with E-state index in [0.717, 1.165) is 12.1 Å². The predicted octanol–water partition coefficient (Wildman–Crippen LogP) is 1.57. The van der Waals surface area contributed by atoms with Gasteiger partial charge in [0.05, 0.1) is 5.69 Å². The van der Waals surface area contributed by atoms with Crippen LogP contribution in [0.3, 0.4) is 0 Å². The SMILES string of the molecule is CC(C)Cc1ccc(NC#N)nn1. The minimum atomic E-state index is 0.495. The van der Waals surface area contributed by atoms with Gasteiger partial charge in [-0.15, -0.1) is 5.10 Å². The third kappa shape index (κ3) is 3.08. The zero-order valence-corrected chi connectivity index (χ0v) is 7.78. The van der Waals surface area contributed by atoms with E-state index in [0.29, 0.717) is 11.7 Å². The molecule has 68 valence electrons. The molecule has 4 heteroatoms. The van der Waals surface area contributed by atoms with Crippen LogP contribution in [0, 0.1) is 17.4 Å². The summed E-state index contributed by atoms with van der Waals surface area (Å²) in [4.78, 5) is 0. The Kier molecular flexibility index (Phi) is 3.21. The number of nitrogens with one attached hydrogen (secondary N) is 1. The molecule has 0 aliphatic carbocycles. The highest BCUT2D eigenvalue weighted by molar-refractivity contribution is 5.36. The van der Waals surface area contributed by atoms with Crippen molar-refractivity contribution in [2.75, 3.05) is 5.32 Å². The molecule has 0 fully saturated rings. The first-order valence-electron chi connectivity index (χ1n) is 4.20. The van der Waals surface area contributed by atoms with E-state index in [1.807, 2.05) is 6.07 Å². The van der Waals surface area contributed by atoms with Gasteiger partial charge in [-0.1, -0.05) is 13.8 Å². The zero-order valence-electron chi connectivity index (χ0n) is 7.78. The molecule has 0 amide bonds. The molecule has 1 N–H and O–H groups in total. The molecule has 0 saturated carbocycles. The van der Waals surface area contributed by atoms with Crippen molar-refractivity contribution in [3.05, 3.63) is 17.8 Å². The molecule has 1 aromatic heterocycles. The molecule has 0 atom stereocenters. The van der Waals surface area contributed by atoms with E-state index in [4.69, 9.17) is 5.26 Å². The summed E-state index contributed by atoms with van der Waals surface area (Å²) in [5.74, 6) is 1.07. The first kappa shape index (κ1) is 9.46. The largest absolute Gasteiger partial charge is 0.275 e. The quantitative estimate of drug-likeness (QED) is 0.561. The standard InChI is InChI=1S/C9H12N4/c1-7(2)5-8-3-4-9(11-6-10)13-12-8/h3-4,7H,5H2,1-2H3,(H,11,13). The van der Waals surface area contributed by atoms with Crippen LogP contribution in [0.4, 0.5) is 5.82 Å². The molecule has 0 radical (unpaired) electrons. The number of hydrogen-bond acceptors (Lipinski definition) is 4. The van der Waals surface area contributed by atoms with Crippen LogP contribution in [-0.2, 0) is 6.42 Å². The Morgan fingerprint density at radius 2 is 2.23 bits per heavy atom. The summed E-state index contributed by atoms with van der Waals surface area (Å²) in [5, 5.41) is 18.5. The highest BCUT2D eigenvalue weighted by Gasteiger charge is 1.99. The molecular formula is C9H12N4. The van der Waals surface area contributed by atoms with Crippen molar-refractivity contribution in [1.29, 1.82) is 5.26 Å². The second kappa shape index (κ2) is 4.41. The van der Waals surface area contributed by atoms with Crippen LogP contribution < -0.4 is 5.32 Å². The van der Waals surface area contributed by atoms with Crippen molar-refractivity contribution in [1.82, 2.24) is 10.2 Å². The van der Waals surface area contributed by atoms with Gasteiger partial charge in [0, 0.05) is 0 Å². The Balaban J connectivity index is 2.65. The van der Waals surface area contributed by atoms with E-state index in [1.54, 1.807) is 12.3 Å². The summed E-state index contributed by atoms with van der Waals surface area (Å²) < 4.78 is 0. The molecule has 0 spiro atoms. The number of nitriles is 1. The van der Waals surface area contributed by atoms with Gasteiger partial charge in [0.2, 0.25) is 0 Å². The van der Waals surface area contributed by atoms with E-state index < -0.39 is 0 Å². The van der Waals surface area contributed by atoms with E-state index in [9.17, 15) is 0 Å². The molecule has 1 heterocycles. The molecule has 13 heavy (non-hydrogen) atoms. The minimum absolute atomic E-state index is 0.495. The third-order valence-corrected chi connectivity index (χ3v) is 1.52. The van der Waals surface area contributed by atoms with Crippen LogP contribution in [0.1, 0.15) is 19.5 Å². The normalized spacial score (nSPS) is 9.69. The first-order valence-corrected chi connectivity index (χ1v) is 4.20. The van der Waals surface area contributed by atoms with E-state index in [2.05, 4.69) is 29.4 Å². The lowest BCUT2D eigenvalue weighted by atomic mass is 10.1. The fourth-order valence-corrected chi connectivity index (χ4v) is 1.01. The summed E-state index contributed by atoms with van der Waals surface area (Å²) in [5.41, 5.74) is 0.957. The van der Waals surface area contributed by atoms with Gasteiger partial charge in [-0.25, -0.2) is 0 Å². The molecule has 0 unspecified atom stereocenters. The second-order valence-corrected chi connectivity index (χ2v) is 3.24. The molecule has 0 bridgehead atoms. The summed E-state index contributed by atoms with van der Waals surface area (Å²) >= 11 is 0. The van der Waals surface area contributed by atoms with Crippen LogP contribution >= 0.6 is 0 Å². The van der Waals surface area contributed by atoms with E-state index in [1.165, 1.54) is 0 Å². The first-order chi connectivity index (χ1) is 6.22. The van der Waals surface area contributed by atoms with Gasteiger partial charge in [-0.05, 0) is 24.5 Å². The Labute approximate surface area is 77.6 Å². The van der Waals surface area contributed by atoms with E-state index in [-0.39, 0.29) is 0 Å². The number of aromatic nitrogens is 2. The van der Waals surface area contributed by atoms with Gasteiger partial charge >= 0.3 is 0 Å². The van der Waals surface area contributed by atoms with Crippen molar-refractivity contribution in [2.24, 2.45) is 5.92 Å². The molecule has 0 aliphatic heterocycles. The average Bonchev–Trinajstić information content (AvgIpc) is 2.08. The van der Waals surface area contributed by atoms with Crippen molar-refractivity contribution in [3.63, 3.8) is 0 Å². The molecule has 0 aromatic carbocycles. The molecule has 1 rings (SSSR count). The smallest absolute Gasteiger partial charge is 0.182 e. The van der Waals surface area contributed by atoms with Crippen LogP contribution in [0.25, 0.3) is 0 Å². The van der Waals surface area contributed by atoms with Crippen molar-refractivity contribution >= 4 is 5.82 Å². The summed E-state index contributed by atoms with van der Waals surface area (Å²) in [7, 11) is 0. The molecule has 1 aromatic rings. The van der Waals surface area contributed by atoms with Crippen LogP contribution in [-0.4, -0.2) is 10.2 Å². The van der Waals surface area contributed by atoms with Crippen LogP contribution in [0.5, 0.6) is 0 Å². The topological polar surface area (TPSA) is 61.6 Å². The second-order valence-electron chi connectivity index (χ2n) is 3.24. The van der Waals surface area contributed by atoms with Gasteiger partial charge in [0.25, 0.3) is 0 Å². The zero-order chi connectivity index (χ0) is 9.68. The molecule has 0 saturated heterocycles.